The van der Waals surface area contributed by atoms with Crippen molar-refractivity contribution in [1.29, 1.82) is 0 Å². The van der Waals surface area contributed by atoms with Gasteiger partial charge in [0.2, 0.25) is 5.91 Å². The van der Waals surface area contributed by atoms with Crippen LogP contribution in [0.15, 0.2) is 0 Å². The Balaban J connectivity index is 2.51. The lowest BCUT2D eigenvalue weighted by atomic mass is 9.85. The van der Waals surface area contributed by atoms with Crippen molar-refractivity contribution in [1.82, 2.24) is 5.32 Å². The second-order valence-corrected chi connectivity index (χ2v) is 4.33. The molecule has 1 aliphatic carbocycles. The number of hydrogen-bond acceptors (Lipinski definition) is 1. The van der Waals surface area contributed by atoms with E-state index in [4.69, 9.17) is 0 Å². The van der Waals surface area contributed by atoms with E-state index in [-0.39, 0.29) is 6.42 Å². The van der Waals surface area contributed by atoms with Gasteiger partial charge in [-0.15, -0.1) is 0 Å². The zero-order valence-electron chi connectivity index (χ0n) is 7.86. The summed E-state index contributed by atoms with van der Waals surface area (Å²) in [5, 5.41) is 3.09. The molecule has 0 radical (unpaired) electrons. The standard InChI is InChI=1S/C9H14BrF2NO/c10-5-6-13-8(14)7-3-1-2-4-9(7,11)12/h7H,1-6H2,(H,13,14). The van der Waals surface area contributed by atoms with E-state index in [9.17, 15) is 13.6 Å². The molecule has 0 aromatic heterocycles. The summed E-state index contributed by atoms with van der Waals surface area (Å²) >= 11 is 3.13. The molecule has 1 N–H and O–H groups in total. The van der Waals surface area contributed by atoms with Crippen molar-refractivity contribution in [2.75, 3.05) is 11.9 Å². The lowest BCUT2D eigenvalue weighted by molar-refractivity contribution is -0.145. The molecule has 0 bridgehead atoms. The number of rotatable bonds is 3. The number of nitrogens with one attached hydrogen (secondary N) is 1. The largest absolute Gasteiger partial charge is 0.355 e. The van der Waals surface area contributed by atoms with Gasteiger partial charge in [-0.1, -0.05) is 22.4 Å². The van der Waals surface area contributed by atoms with E-state index in [2.05, 4.69) is 21.2 Å². The van der Waals surface area contributed by atoms with Crippen LogP contribution in [0.2, 0.25) is 0 Å². The highest BCUT2D eigenvalue weighted by Gasteiger charge is 2.45. The monoisotopic (exact) mass is 269 g/mol. The number of carbonyl (C=O) groups excluding carboxylic acids is 1. The summed E-state index contributed by atoms with van der Waals surface area (Å²) in [7, 11) is 0. The molecule has 0 saturated heterocycles. The Morgan fingerprint density at radius 1 is 1.50 bits per heavy atom. The summed E-state index contributed by atoms with van der Waals surface area (Å²) in [6, 6.07) is 0. The van der Waals surface area contributed by atoms with Gasteiger partial charge >= 0.3 is 0 Å². The highest BCUT2D eigenvalue weighted by molar-refractivity contribution is 9.09. The van der Waals surface area contributed by atoms with Crippen LogP contribution >= 0.6 is 15.9 Å². The topological polar surface area (TPSA) is 29.1 Å². The molecule has 0 aromatic rings. The first-order valence-electron chi connectivity index (χ1n) is 4.79. The van der Waals surface area contributed by atoms with Crippen LogP contribution in [0.4, 0.5) is 8.78 Å². The molecule has 1 saturated carbocycles. The number of hydrogen-bond donors (Lipinski definition) is 1. The maximum atomic E-state index is 13.3. The summed E-state index contributed by atoms with van der Waals surface area (Å²) in [5.41, 5.74) is 0. The Kier molecular flexibility index (Phi) is 4.29. The molecule has 1 unspecified atom stereocenters. The highest BCUT2D eigenvalue weighted by Crippen LogP contribution is 2.38. The normalized spacial score (nSPS) is 25.8. The zero-order chi connectivity index (χ0) is 10.6. The molecule has 0 spiro atoms. The van der Waals surface area contributed by atoms with E-state index < -0.39 is 17.7 Å². The highest BCUT2D eigenvalue weighted by atomic mass is 79.9. The van der Waals surface area contributed by atoms with E-state index in [1.807, 2.05) is 0 Å². The third-order valence-electron chi connectivity index (χ3n) is 2.47. The first kappa shape index (κ1) is 11.9. The molecule has 82 valence electrons. The maximum Gasteiger partial charge on any atom is 0.259 e. The Morgan fingerprint density at radius 2 is 2.21 bits per heavy atom. The Labute approximate surface area is 90.6 Å². The van der Waals surface area contributed by atoms with Gasteiger partial charge in [-0.25, -0.2) is 8.78 Å². The molecular formula is C9H14BrF2NO. The number of halogens is 3. The molecule has 1 amide bonds. The summed E-state index contributed by atoms with van der Waals surface area (Å²) in [5.74, 6) is -4.43. The quantitative estimate of drug-likeness (QED) is 0.783. The van der Waals surface area contributed by atoms with Gasteiger partial charge in [-0.3, -0.25) is 4.79 Å². The van der Waals surface area contributed by atoms with Crippen LogP contribution in [-0.4, -0.2) is 23.7 Å². The summed E-state index contributed by atoms with van der Waals surface area (Å²) in [4.78, 5) is 11.4. The summed E-state index contributed by atoms with van der Waals surface area (Å²) in [6.45, 7) is 0.408. The van der Waals surface area contributed by atoms with Crippen molar-refractivity contribution in [3.05, 3.63) is 0 Å². The van der Waals surface area contributed by atoms with E-state index >= 15 is 0 Å². The van der Waals surface area contributed by atoms with Crippen LogP contribution in [0.5, 0.6) is 0 Å². The first-order valence-corrected chi connectivity index (χ1v) is 5.91. The predicted octanol–water partition coefficient (Wildman–Crippen LogP) is 2.32. The third-order valence-corrected chi connectivity index (χ3v) is 2.87. The molecule has 2 nitrogen and oxygen atoms in total. The minimum atomic E-state index is -2.81. The van der Waals surface area contributed by atoms with Crippen LogP contribution in [0.3, 0.4) is 0 Å². The van der Waals surface area contributed by atoms with Gasteiger partial charge in [0.1, 0.15) is 5.92 Å². The second-order valence-electron chi connectivity index (χ2n) is 3.54. The Morgan fingerprint density at radius 3 is 2.79 bits per heavy atom. The number of carbonyl (C=O) groups is 1. The van der Waals surface area contributed by atoms with Gasteiger partial charge < -0.3 is 5.32 Å². The van der Waals surface area contributed by atoms with Crippen molar-refractivity contribution < 1.29 is 13.6 Å². The van der Waals surface area contributed by atoms with Crippen molar-refractivity contribution in [2.45, 2.75) is 31.6 Å². The van der Waals surface area contributed by atoms with Gasteiger partial charge in [0, 0.05) is 18.3 Å². The van der Waals surface area contributed by atoms with E-state index in [1.165, 1.54) is 0 Å². The number of amides is 1. The van der Waals surface area contributed by atoms with E-state index in [1.54, 1.807) is 0 Å². The Hall–Kier alpha value is -0.190. The van der Waals surface area contributed by atoms with Gasteiger partial charge in [0.15, 0.2) is 0 Å². The van der Waals surface area contributed by atoms with Gasteiger partial charge in [0.05, 0.1) is 0 Å². The van der Waals surface area contributed by atoms with E-state index in [0.717, 1.165) is 6.42 Å². The van der Waals surface area contributed by atoms with Crippen molar-refractivity contribution in [2.24, 2.45) is 5.92 Å². The number of alkyl halides is 3. The third kappa shape index (κ3) is 2.90. The fraction of sp³-hybridized carbons (Fsp3) is 0.889. The van der Waals surface area contributed by atoms with Crippen molar-refractivity contribution >= 4 is 21.8 Å². The molecule has 1 aliphatic rings. The minimum Gasteiger partial charge on any atom is -0.355 e. The Bertz CT molecular complexity index is 211. The molecular weight excluding hydrogens is 256 g/mol. The molecule has 0 aliphatic heterocycles. The van der Waals surface area contributed by atoms with Gasteiger partial charge in [-0.05, 0) is 12.8 Å². The second kappa shape index (κ2) is 5.05. The zero-order valence-corrected chi connectivity index (χ0v) is 9.45. The van der Waals surface area contributed by atoms with Crippen molar-refractivity contribution in [3.8, 4) is 0 Å². The predicted molar refractivity (Wildman–Crippen MR) is 53.7 cm³/mol. The van der Waals surface area contributed by atoms with Gasteiger partial charge in [0.25, 0.3) is 5.92 Å². The van der Waals surface area contributed by atoms with Crippen molar-refractivity contribution in [3.63, 3.8) is 0 Å². The lowest BCUT2D eigenvalue weighted by Crippen LogP contribution is -2.43. The van der Waals surface area contributed by atoms with Crippen LogP contribution in [0.25, 0.3) is 0 Å². The smallest absolute Gasteiger partial charge is 0.259 e. The van der Waals surface area contributed by atoms with Crippen LogP contribution in [0.1, 0.15) is 25.7 Å². The fourth-order valence-electron chi connectivity index (χ4n) is 1.71. The molecule has 1 atom stereocenters. The molecule has 1 rings (SSSR count). The van der Waals surface area contributed by atoms with Crippen LogP contribution < -0.4 is 5.32 Å². The lowest BCUT2D eigenvalue weighted by Gasteiger charge is -2.30. The summed E-state index contributed by atoms with van der Waals surface area (Å²) in [6.07, 6.45) is 1.40. The molecule has 1 fully saturated rings. The summed E-state index contributed by atoms with van der Waals surface area (Å²) < 4.78 is 26.5. The SMILES string of the molecule is O=C(NCCBr)C1CCCCC1(F)F. The van der Waals surface area contributed by atoms with Crippen LogP contribution in [0, 0.1) is 5.92 Å². The first-order chi connectivity index (χ1) is 6.58. The van der Waals surface area contributed by atoms with E-state index in [0.29, 0.717) is 24.7 Å². The molecule has 5 heteroatoms. The maximum absolute atomic E-state index is 13.3. The fourth-order valence-corrected chi connectivity index (χ4v) is 1.91. The van der Waals surface area contributed by atoms with Crippen LogP contribution in [-0.2, 0) is 4.79 Å². The average molecular weight is 270 g/mol. The molecule has 14 heavy (non-hydrogen) atoms. The molecule has 0 heterocycles. The van der Waals surface area contributed by atoms with Gasteiger partial charge in [-0.2, -0.15) is 0 Å². The molecule has 0 aromatic carbocycles. The minimum absolute atomic E-state index is 0.153. The average Bonchev–Trinajstić information content (AvgIpc) is 2.13.